The molecule has 2 N–H and O–H groups in total. The normalized spacial score (nSPS) is 11.0. The summed E-state index contributed by atoms with van der Waals surface area (Å²) in [4.78, 5) is 24.0. The molecule has 2 aromatic rings. The molecule has 0 saturated heterocycles. The highest BCUT2D eigenvalue weighted by Crippen LogP contribution is 2.22. The minimum absolute atomic E-state index is 0.0211. The Labute approximate surface area is 140 Å². The van der Waals surface area contributed by atoms with Crippen molar-refractivity contribution in [2.45, 2.75) is 26.2 Å². The van der Waals surface area contributed by atoms with Gasteiger partial charge in [0.15, 0.2) is 0 Å². The molecule has 0 radical (unpaired) electrons. The Morgan fingerprint density at radius 2 is 1.43 bits per heavy atom. The summed E-state index contributed by atoms with van der Waals surface area (Å²) in [5, 5.41) is 0.328. The third kappa shape index (κ3) is 4.33. The minimum atomic E-state index is -0.463. The van der Waals surface area contributed by atoms with Crippen LogP contribution < -0.4 is 10.9 Å². The van der Waals surface area contributed by atoms with Crippen LogP contribution in [-0.2, 0) is 5.41 Å². The molecule has 2 amide bonds. The third-order valence-corrected chi connectivity index (χ3v) is 3.75. The highest BCUT2D eigenvalue weighted by molar-refractivity contribution is 6.33. The quantitative estimate of drug-likeness (QED) is 0.825. The van der Waals surface area contributed by atoms with Crippen LogP contribution in [0.3, 0.4) is 0 Å². The highest BCUT2D eigenvalue weighted by Gasteiger charge is 2.15. The maximum absolute atomic E-state index is 12.1. The fourth-order valence-corrected chi connectivity index (χ4v) is 2.24. The number of halogens is 1. The van der Waals surface area contributed by atoms with Crippen LogP contribution in [0.5, 0.6) is 0 Å². The highest BCUT2D eigenvalue weighted by atomic mass is 35.5. The van der Waals surface area contributed by atoms with Crippen molar-refractivity contribution in [1.82, 2.24) is 10.9 Å². The Kier molecular flexibility index (Phi) is 5.06. The zero-order valence-electron chi connectivity index (χ0n) is 13.3. The lowest BCUT2D eigenvalue weighted by molar-refractivity contribution is 0.0846. The van der Waals surface area contributed by atoms with E-state index >= 15 is 0 Å². The fourth-order valence-electron chi connectivity index (χ4n) is 2.02. The Balaban J connectivity index is 2.00. The van der Waals surface area contributed by atoms with Crippen LogP contribution in [0.2, 0.25) is 5.02 Å². The van der Waals surface area contributed by atoms with Crippen molar-refractivity contribution in [2.75, 3.05) is 0 Å². The van der Waals surface area contributed by atoms with Gasteiger partial charge in [-0.25, -0.2) is 0 Å². The van der Waals surface area contributed by atoms with E-state index < -0.39 is 5.91 Å². The number of rotatable bonds is 2. The smallest absolute Gasteiger partial charge is 0.267 e. The Morgan fingerprint density at radius 3 is 2.00 bits per heavy atom. The second-order valence-electron chi connectivity index (χ2n) is 6.22. The van der Waals surface area contributed by atoms with Gasteiger partial charge in [-0.15, -0.1) is 0 Å². The largest absolute Gasteiger partial charge is 0.271 e. The molecule has 0 atom stereocenters. The van der Waals surface area contributed by atoms with Gasteiger partial charge in [0.1, 0.15) is 0 Å². The van der Waals surface area contributed by atoms with Gasteiger partial charge in [-0.1, -0.05) is 56.6 Å². The maximum Gasteiger partial charge on any atom is 0.271 e. The van der Waals surface area contributed by atoms with E-state index in [-0.39, 0.29) is 11.3 Å². The molecule has 0 unspecified atom stereocenters. The number of hydrogen-bond donors (Lipinski definition) is 2. The number of amides is 2. The summed E-state index contributed by atoms with van der Waals surface area (Å²) in [6.45, 7) is 6.31. The molecule has 5 heteroatoms. The molecule has 2 aromatic carbocycles. The lowest BCUT2D eigenvalue weighted by Crippen LogP contribution is -2.41. The summed E-state index contributed by atoms with van der Waals surface area (Å²) in [5.74, 6) is -0.846. The average molecular weight is 331 g/mol. The summed E-state index contributed by atoms with van der Waals surface area (Å²) in [5.41, 5.74) is 6.67. The van der Waals surface area contributed by atoms with Gasteiger partial charge in [0.05, 0.1) is 10.6 Å². The van der Waals surface area contributed by atoms with E-state index in [1.54, 1.807) is 36.4 Å². The van der Waals surface area contributed by atoms with Gasteiger partial charge in [0.2, 0.25) is 0 Å². The molecule has 0 aliphatic rings. The van der Waals surface area contributed by atoms with Gasteiger partial charge in [0.25, 0.3) is 11.8 Å². The molecule has 0 heterocycles. The number of carbonyl (C=O) groups is 2. The van der Waals surface area contributed by atoms with Crippen molar-refractivity contribution in [1.29, 1.82) is 0 Å². The number of benzene rings is 2. The fraction of sp³-hybridized carbons (Fsp3) is 0.222. The van der Waals surface area contributed by atoms with Crippen LogP contribution in [0, 0.1) is 0 Å². The molecule has 0 saturated carbocycles. The monoisotopic (exact) mass is 330 g/mol. The molecular formula is C18H19ClN2O2. The van der Waals surface area contributed by atoms with Crippen LogP contribution in [0.25, 0.3) is 0 Å². The van der Waals surface area contributed by atoms with E-state index in [0.29, 0.717) is 16.1 Å². The van der Waals surface area contributed by atoms with Crippen molar-refractivity contribution in [3.8, 4) is 0 Å². The van der Waals surface area contributed by atoms with Crippen molar-refractivity contribution < 1.29 is 9.59 Å². The maximum atomic E-state index is 12.1. The summed E-state index contributed by atoms with van der Waals surface area (Å²) in [6, 6.07) is 13.9. The predicted molar refractivity (Wildman–Crippen MR) is 91.5 cm³/mol. The summed E-state index contributed by atoms with van der Waals surface area (Å²) in [7, 11) is 0. The van der Waals surface area contributed by atoms with Gasteiger partial charge >= 0.3 is 0 Å². The zero-order chi connectivity index (χ0) is 17.0. The van der Waals surface area contributed by atoms with Gasteiger partial charge < -0.3 is 0 Å². The first-order chi connectivity index (χ1) is 10.8. The van der Waals surface area contributed by atoms with E-state index in [4.69, 9.17) is 11.6 Å². The van der Waals surface area contributed by atoms with Gasteiger partial charge in [-0.05, 0) is 35.2 Å². The second-order valence-corrected chi connectivity index (χ2v) is 6.62. The number of hydrazine groups is 1. The van der Waals surface area contributed by atoms with Gasteiger partial charge in [-0.2, -0.15) is 0 Å². The van der Waals surface area contributed by atoms with Crippen LogP contribution in [-0.4, -0.2) is 11.8 Å². The predicted octanol–water partition coefficient (Wildman–Crippen LogP) is 3.71. The second kappa shape index (κ2) is 6.84. The Hall–Kier alpha value is -2.33. The molecule has 0 aliphatic heterocycles. The first-order valence-electron chi connectivity index (χ1n) is 7.25. The average Bonchev–Trinajstić information content (AvgIpc) is 2.52. The molecular weight excluding hydrogens is 312 g/mol. The van der Waals surface area contributed by atoms with E-state index in [2.05, 4.69) is 31.6 Å². The number of hydrogen-bond acceptors (Lipinski definition) is 2. The van der Waals surface area contributed by atoms with Crippen molar-refractivity contribution in [3.63, 3.8) is 0 Å². The van der Waals surface area contributed by atoms with Crippen molar-refractivity contribution in [3.05, 3.63) is 70.2 Å². The van der Waals surface area contributed by atoms with E-state index in [9.17, 15) is 9.59 Å². The summed E-state index contributed by atoms with van der Waals surface area (Å²) < 4.78 is 0. The standard InChI is InChI=1S/C18H19ClN2O2/c1-18(2,3)13-10-8-12(9-11-13)16(22)20-21-17(23)14-6-4-5-7-15(14)19/h4-11H,1-3H3,(H,20,22)(H,21,23). The van der Waals surface area contributed by atoms with Crippen LogP contribution >= 0.6 is 11.6 Å². The topological polar surface area (TPSA) is 58.2 Å². The van der Waals surface area contributed by atoms with E-state index in [1.165, 1.54) is 0 Å². The SMILES string of the molecule is CC(C)(C)c1ccc(C(=O)NNC(=O)c2ccccc2Cl)cc1. The molecule has 2 rings (SSSR count). The van der Waals surface area contributed by atoms with Gasteiger partial charge in [-0.3, -0.25) is 20.4 Å². The summed E-state index contributed by atoms with van der Waals surface area (Å²) in [6.07, 6.45) is 0. The van der Waals surface area contributed by atoms with Crippen molar-refractivity contribution in [2.24, 2.45) is 0 Å². The summed E-state index contributed by atoms with van der Waals surface area (Å²) >= 11 is 5.94. The van der Waals surface area contributed by atoms with Crippen LogP contribution in [0.4, 0.5) is 0 Å². The lowest BCUT2D eigenvalue weighted by atomic mass is 9.87. The number of nitrogens with one attached hydrogen (secondary N) is 2. The zero-order valence-corrected chi connectivity index (χ0v) is 14.1. The molecule has 0 spiro atoms. The molecule has 0 fully saturated rings. The minimum Gasteiger partial charge on any atom is -0.267 e. The first-order valence-corrected chi connectivity index (χ1v) is 7.62. The van der Waals surface area contributed by atoms with Crippen LogP contribution in [0.15, 0.2) is 48.5 Å². The van der Waals surface area contributed by atoms with E-state index in [1.807, 2.05) is 12.1 Å². The van der Waals surface area contributed by atoms with E-state index in [0.717, 1.165) is 5.56 Å². The molecule has 120 valence electrons. The van der Waals surface area contributed by atoms with Crippen molar-refractivity contribution >= 4 is 23.4 Å². The molecule has 4 nitrogen and oxygen atoms in total. The lowest BCUT2D eigenvalue weighted by Gasteiger charge is -2.19. The third-order valence-electron chi connectivity index (χ3n) is 3.42. The Morgan fingerprint density at radius 1 is 0.870 bits per heavy atom. The molecule has 0 aliphatic carbocycles. The molecule has 0 bridgehead atoms. The molecule has 23 heavy (non-hydrogen) atoms. The molecule has 0 aromatic heterocycles. The Bertz CT molecular complexity index is 719. The van der Waals surface area contributed by atoms with Crippen LogP contribution in [0.1, 0.15) is 47.1 Å². The van der Waals surface area contributed by atoms with Gasteiger partial charge in [0, 0.05) is 5.56 Å². The first kappa shape index (κ1) is 17.0. The number of carbonyl (C=O) groups excluding carboxylic acids is 2.